The topological polar surface area (TPSA) is 57.0 Å². The molecule has 1 aromatic heterocycles. The third-order valence-corrected chi connectivity index (χ3v) is 6.25. The van der Waals surface area contributed by atoms with E-state index in [9.17, 15) is 4.79 Å². The van der Waals surface area contributed by atoms with E-state index in [4.69, 9.17) is 4.74 Å². The normalized spacial score (nSPS) is 11.8. The van der Waals surface area contributed by atoms with E-state index in [0.717, 1.165) is 22.4 Å². The molecule has 0 aliphatic rings. The predicted molar refractivity (Wildman–Crippen MR) is 123 cm³/mol. The summed E-state index contributed by atoms with van der Waals surface area (Å²) in [6, 6.07) is 23.4. The van der Waals surface area contributed by atoms with Gasteiger partial charge in [0, 0.05) is 5.56 Å². The highest BCUT2D eigenvalue weighted by molar-refractivity contribution is 8.00. The van der Waals surface area contributed by atoms with E-state index in [1.165, 1.54) is 11.8 Å². The van der Waals surface area contributed by atoms with E-state index in [2.05, 4.69) is 10.2 Å². The maximum Gasteiger partial charge on any atom is 0.196 e. The molecule has 6 heteroatoms. The quantitative estimate of drug-likeness (QED) is 0.282. The number of methoxy groups -OCH3 is 1. The maximum absolute atomic E-state index is 13.5. The lowest BCUT2D eigenvalue weighted by atomic mass is 10.0. The van der Waals surface area contributed by atoms with Crippen molar-refractivity contribution in [2.45, 2.75) is 24.3 Å². The van der Waals surface area contributed by atoms with Gasteiger partial charge in [0.2, 0.25) is 0 Å². The summed E-state index contributed by atoms with van der Waals surface area (Å²) in [5, 5.41) is 8.58. The fraction of sp³-hybridized carbons (Fsp3) is 0.160. The number of aryl methyl sites for hydroxylation is 2. The van der Waals surface area contributed by atoms with Crippen molar-refractivity contribution >= 4 is 17.5 Å². The van der Waals surface area contributed by atoms with Crippen molar-refractivity contribution in [1.29, 1.82) is 0 Å². The number of carbonyl (C=O) groups is 1. The van der Waals surface area contributed by atoms with E-state index < -0.39 is 5.25 Å². The van der Waals surface area contributed by atoms with Crippen molar-refractivity contribution < 1.29 is 9.53 Å². The summed E-state index contributed by atoms with van der Waals surface area (Å²) in [7, 11) is 1.63. The molecule has 4 rings (SSSR count). The number of thioether (sulfide) groups is 1. The molecule has 1 heterocycles. The number of Topliss-reactive ketones (excluding diaryl/α,β-unsaturated/α-hetero) is 1. The van der Waals surface area contributed by atoms with Crippen molar-refractivity contribution in [3.63, 3.8) is 0 Å². The molecule has 0 N–H and O–H groups in total. The van der Waals surface area contributed by atoms with Crippen LogP contribution in [0.3, 0.4) is 0 Å². The molecule has 3 aromatic carbocycles. The minimum absolute atomic E-state index is 0.0310. The number of aromatic nitrogens is 3. The predicted octanol–water partition coefficient (Wildman–Crippen LogP) is 5.61. The number of rotatable bonds is 7. The van der Waals surface area contributed by atoms with E-state index in [1.54, 1.807) is 13.4 Å². The molecule has 1 atom stereocenters. The minimum atomic E-state index is -0.457. The van der Waals surface area contributed by atoms with Crippen LogP contribution in [0.1, 0.15) is 32.3 Å². The van der Waals surface area contributed by atoms with Crippen LogP contribution in [-0.4, -0.2) is 27.7 Å². The molecule has 156 valence electrons. The van der Waals surface area contributed by atoms with Gasteiger partial charge in [0.25, 0.3) is 0 Å². The van der Waals surface area contributed by atoms with Gasteiger partial charge in [-0.05, 0) is 31.5 Å². The third-order valence-electron chi connectivity index (χ3n) is 5.04. The molecule has 4 aromatic rings. The first-order valence-corrected chi connectivity index (χ1v) is 10.8. The van der Waals surface area contributed by atoms with Gasteiger partial charge in [0.1, 0.15) is 17.3 Å². The van der Waals surface area contributed by atoms with Crippen LogP contribution in [0.2, 0.25) is 0 Å². The van der Waals surface area contributed by atoms with Crippen LogP contribution >= 0.6 is 11.8 Å². The van der Waals surface area contributed by atoms with Crippen LogP contribution in [-0.2, 0) is 0 Å². The van der Waals surface area contributed by atoms with Gasteiger partial charge in [-0.25, -0.2) is 0 Å². The first-order chi connectivity index (χ1) is 15.1. The van der Waals surface area contributed by atoms with Gasteiger partial charge < -0.3 is 4.74 Å². The van der Waals surface area contributed by atoms with Gasteiger partial charge in [-0.2, -0.15) is 0 Å². The van der Waals surface area contributed by atoms with Gasteiger partial charge in [-0.15, -0.1) is 10.2 Å². The van der Waals surface area contributed by atoms with E-state index in [1.807, 2.05) is 91.2 Å². The van der Waals surface area contributed by atoms with Gasteiger partial charge >= 0.3 is 0 Å². The summed E-state index contributed by atoms with van der Waals surface area (Å²) < 4.78 is 7.36. The number of ketones is 1. The molecule has 0 fully saturated rings. The van der Waals surface area contributed by atoms with Crippen LogP contribution in [0.5, 0.6) is 5.75 Å². The Morgan fingerprint density at radius 3 is 2.26 bits per heavy atom. The number of benzene rings is 3. The molecule has 0 spiro atoms. The summed E-state index contributed by atoms with van der Waals surface area (Å²) in [6.45, 7) is 4.04. The molecular weight excluding hydrogens is 406 g/mol. The summed E-state index contributed by atoms with van der Waals surface area (Å²) >= 11 is 1.39. The highest BCUT2D eigenvalue weighted by Crippen LogP contribution is 2.38. The summed E-state index contributed by atoms with van der Waals surface area (Å²) in [6.07, 6.45) is 1.64. The first-order valence-electron chi connectivity index (χ1n) is 9.94. The van der Waals surface area contributed by atoms with E-state index in [-0.39, 0.29) is 5.78 Å². The average Bonchev–Trinajstić information content (AvgIpc) is 3.26. The Balaban J connectivity index is 1.74. The van der Waals surface area contributed by atoms with Crippen LogP contribution < -0.4 is 4.74 Å². The lowest BCUT2D eigenvalue weighted by Gasteiger charge is -2.17. The van der Waals surface area contributed by atoms with Crippen LogP contribution in [0.4, 0.5) is 0 Å². The molecule has 5 nitrogen and oxygen atoms in total. The number of hydrogen-bond donors (Lipinski definition) is 0. The fourth-order valence-corrected chi connectivity index (χ4v) is 4.39. The highest BCUT2D eigenvalue weighted by atomic mass is 32.2. The van der Waals surface area contributed by atoms with Gasteiger partial charge in [0.15, 0.2) is 10.9 Å². The smallest absolute Gasteiger partial charge is 0.196 e. The molecule has 1 unspecified atom stereocenters. The Bertz CT molecular complexity index is 1180. The van der Waals surface area contributed by atoms with Crippen molar-refractivity contribution in [3.8, 4) is 11.4 Å². The molecule has 0 bridgehead atoms. The largest absolute Gasteiger partial charge is 0.495 e. The molecule has 31 heavy (non-hydrogen) atoms. The van der Waals surface area contributed by atoms with Gasteiger partial charge in [-0.3, -0.25) is 9.36 Å². The Hall–Kier alpha value is -3.38. The molecular formula is C25H23N3O2S. The Morgan fingerprint density at radius 2 is 1.58 bits per heavy atom. The summed E-state index contributed by atoms with van der Waals surface area (Å²) in [4.78, 5) is 13.5. The molecule has 0 aliphatic carbocycles. The Kier molecular flexibility index (Phi) is 6.18. The molecule has 0 aliphatic heterocycles. The Labute approximate surface area is 186 Å². The number of para-hydroxylation sites is 2. The monoisotopic (exact) mass is 429 g/mol. The Morgan fingerprint density at radius 1 is 0.935 bits per heavy atom. The number of carbonyl (C=O) groups excluding carboxylic acids is 1. The van der Waals surface area contributed by atoms with Crippen molar-refractivity contribution in [2.75, 3.05) is 7.11 Å². The lowest BCUT2D eigenvalue weighted by Crippen LogP contribution is -2.11. The van der Waals surface area contributed by atoms with Crippen molar-refractivity contribution in [1.82, 2.24) is 14.8 Å². The SMILES string of the molecule is COc1ccccc1-n1cnnc1SC(C(=O)c1ccc(C)cc1)c1ccc(C)cc1. The zero-order valence-corrected chi connectivity index (χ0v) is 18.5. The second kappa shape index (κ2) is 9.18. The van der Waals surface area contributed by atoms with Crippen LogP contribution in [0.25, 0.3) is 5.69 Å². The lowest BCUT2D eigenvalue weighted by molar-refractivity contribution is 0.0989. The van der Waals surface area contributed by atoms with Crippen molar-refractivity contribution in [2.24, 2.45) is 0 Å². The first kappa shape index (κ1) is 20.9. The minimum Gasteiger partial charge on any atom is -0.495 e. The molecule has 0 saturated heterocycles. The number of nitrogens with zero attached hydrogens (tertiary/aromatic N) is 3. The fourth-order valence-electron chi connectivity index (χ4n) is 3.29. The average molecular weight is 430 g/mol. The van der Waals surface area contributed by atoms with Crippen LogP contribution in [0.15, 0.2) is 84.3 Å². The van der Waals surface area contributed by atoms with Gasteiger partial charge in [-0.1, -0.05) is 83.6 Å². The molecule has 0 radical (unpaired) electrons. The zero-order chi connectivity index (χ0) is 21.8. The maximum atomic E-state index is 13.5. The standard InChI is InChI=1S/C25H23N3O2S/c1-17-8-12-19(13-9-17)23(29)24(20-14-10-18(2)11-15-20)31-25-27-26-16-28(25)21-6-4-5-7-22(21)30-3/h4-16,24H,1-3H3. The summed E-state index contributed by atoms with van der Waals surface area (Å²) in [5.41, 5.74) is 4.69. The third kappa shape index (κ3) is 4.54. The van der Waals surface area contributed by atoms with E-state index >= 15 is 0 Å². The van der Waals surface area contributed by atoms with E-state index in [0.29, 0.717) is 16.5 Å². The highest BCUT2D eigenvalue weighted by Gasteiger charge is 2.26. The zero-order valence-electron chi connectivity index (χ0n) is 17.6. The van der Waals surface area contributed by atoms with Crippen molar-refractivity contribution in [3.05, 3.63) is 101 Å². The summed E-state index contributed by atoms with van der Waals surface area (Å²) in [5.74, 6) is 0.740. The molecule has 0 amide bonds. The number of hydrogen-bond acceptors (Lipinski definition) is 5. The van der Waals surface area contributed by atoms with Gasteiger partial charge in [0.05, 0.1) is 12.8 Å². The second-order valence-corrected chi connectivity index (χ2v) is 8.37. The second-order valence-electron chi connectivity index (χ2n) is 7.29. The van der Waals surface area contributed by atoms with Crippen LogP contribution in [0, 0.1) is 13.8 Å². The number of ether oxygens (including phenoxy) is 1. The molecule has 0 saturated carbocycles.